The Balaban J connectivity index is 1.97. The zero-order chi connectivity index (χ0) is 19.2. The van der Waals surface area contributed by atoms with Gasteiger partial charge in [0.1, 0.15) is 0 Å². The summed E-state index contributed by atoms with van der Waals surface area (Å²) in [5, 5.41) is 5.36. The highest BCUT2D eigenvalue weighted by Gasteiger charge is 2.17. The molecule has 26 heavy (non-hydrogen) atoms. The molecule has 8 heteroatoms. The zero-order valence-electron chi connectivity index (χ0n) is 15.1. The molecule has 2 aromatic rings. The first-order valence-electron chi connectivity index (χ1n) is 8.12. The van der Waals surface area contributed by atoms with Crippen LogP contribution in [-0.2, 0) is 10.0 Å². The van der Waals surface area contributed by atoms with Gasteiger partial charge in [-0.25, -0.2) is 13.2 Å². The van der Waals surface area contributed by atoms with E-state index in [1.807, 2.05) is 49.3 Å². The number of nitrogens with one attached hydrogen (secondary N) is 2. The number of carbonyl (C=O) groups excluding carboxylic acids is 1. The Labute approximate surface area is 154 Å². The SMILES string of the molecule is CN(C)c1ccc(N(CCNC(=O)Nc2ccccc2)S(C)(=O)=O)cc1. The number of amides is 2. The molecule has 0 aliphatic heterocycles. The summed E-state index contributed by atoms with van der Waals surface area (Å²) in [6.45, 7) is 0.323. The van der Waals surface area contributed by atoms with E-state index in [4.69, 9.17) is 0 Å². The van der Waals surface area contributed by atoms with Gasteiger partial charge in [0, 0.05) is 32.0 Å². The van der Waals surface area contributed by atoms with Gasteiger partial charge in [-0.1, -0.05) is 18.2 Å². The second-order valence-corrected chi connectivity index (χ2v) is 7.90. The first-order valence-corrected chi connectivity index (χ1v) is 9.97. The molecule has 2 rings (SSSR count). The molecule has 2 amide bonds. The summed E-state index contributed by atoms with van der Waals surface area (Å²) in [4.78, 5) is 13.8. The summed E-state index contributed by atoms with van der Waals surface area (Å²) in [7, 11) is 0.371. The second kappa shape index (κ2) is 8.57. The van der Waals surface area contributed by atoms with Gasteiger partial charge in [0.25, 0.3) is 0 Å². The van der Waals surface area contributed by atoms with Crippen LogP contribution in [-0.4, -0.2) is 47.9 Å². The van der Waals surface area contributed by atoms with Crippen molar-refractivity contribution < 1.29 is 13.2 Å². The van der Waals surface area contributed by atoms with Crippen molar-refractivity contribution in [1.29, 1.82) is 0 Å². The predicted octanol–water partition coefficient (Wildman–Crippen LogP) is 2.34. The monoisotopic (exact) mass is 376 g/mol. The smallest absolute Gasteiger partial charge is 0.319 e. The van der Waals surface area contributed by atoms with Gasteiger partial charge in [-0.3, -0.25) is 4.31 Å². The molecule has 0 bridgehead atoms. The Morgan fingerprint density at radius 2 is 1.54 bits per heavy atom. The van der Waals surface area contributed by atoms with Crippen LogP contribution in [0.4, 0.5) is 21.9 Å². The third-order valence-electron chi connectivity index (χ3n) is 3.69. The maximum Gasteiger partial charge on any atom is 0.319 e. The third-order valence-corrected chi connectivity index (χ3v) is 4.88. The summed E-state index contributed by atoms with van der Waals surface area (Å²) >= 11 is 0. The average molecular weight is 376 g/mol. The predicted molar refractivity (Wildman–Crippen MR) is 106 cm³/mol. The summed E-state index contributed by atoms with van der Waals surface area (Å²) in [6, 6.07) is 15.9. The molecule has 2 aromatic carbocycles. The summed E-state index contributed by atoms with van der Waals surface area (Å²) in [6.07, 6.45) is 1.15. The molecule has 0 atom stereocenters. The molecule has 140 valence electrons. The fraction of sp³-hybridized carbons (Fsp3) is 0.278. The number of benzene rings is 2. The van der Waals surface area contributed by atoms with Crippen molar-refractivity contribution in [3.8, 4) is 0 Å². The van der Waals surface area contributed by atoms with Gasteiger partial charge >= 0.3 is 6.03 Å². The van der Waals surface area contributed by atoms with Crippen LogP contribution in [0.2, 0.25) is 0 Å². The topological polar surface area (TPSA) is 81.8 Å². The van der Waals surface area contributed by atoms with Crippen LogP contribution in [0.5, 0.6) is 0 Å². The summed E-state index contributed by atoms with van der Waals surface area (Å²) in [5.74, 6) is 0. The van der Waals surface area contributed by atoms with Gasteiger partial charge in [-0.15, -0.1) is 0 Å². The lowest BCUT2D eigenvalue weighted by molar-refractivity contribution is 0.252. The molecule has 0 aliphatic carbocycles. The molecule has 7 nitrogen and oxygen atoms in total. The standard InChI is InChI=1S/C18H24N4O3S/c1-21(2)16-9-11-17(12-10-16)22(26(3,24)25)14-13-19-18(23)20-15-7-5-4-6-8-15/h4-12H,13-14H2,1-3H3,(H2,19,20,23). The Hall–Kier alpha value is -2.74. The van der Waals surface area contributed by atoms with E-state index in [2.05, 4.69) is 10.6 Å². The minimum Gasteiger partial charge on any atom is -0.378 e. The van der Waals surface area contributed by atoms with Gasteiger partial charge in [0.15, 0.2) is 0 Å². The fourth-order valence-electron chi connectivity index (χ4n) is 2.37. The molecule has 0 spiro atoms. The molecule has 0 radical (unpaired) electrons. The Kier molecular flexibility index (Phi) is 6.46. The minimum atomic E-state index is -3.46. The van der Waals surface area contributed by atoms with Crippen LogP contribution in [0.3, 0.4) is 0 Å². The zero-order valence-corrected chi connectivity index (χ0v) is 16.0. The van der Waals surface area contributed by atoms with Crippen molar-refractivity contribution in [2.45, 2.75) is 0 Å². The van der Waals surface area contributed by atoms with Crippen molar-refractivity contribution in [2.75, 3.05) is 48.0 Å². The van der Waals surface area contributed by atoms with Gasteiger partial charge in [-0.2, -0.15) is 0 Å². The van der Waals surface area contributed by atoms with Crippen molar-refractivity contribution >= 4 is 33.1 Å². The quantitative estimate of drug-likeness (QED) is 0.777. The van der Waals surface area contributed by atoms with Crippen molar-refractivity contribution in [3.63, 3.8) is 0 Å². The minimum absolute atomic E-state index is 0.141. The number of urea groups is 1. The Morgan fingerprint density at radius 1 is 0.962 bits per heavy atom. The molecule has 0 unspecified atom stereocenters. The lowest BCUT2D eigenvalue weighted by atomic mass is 10.2. The first-order chi connectivity index (χ1) is 12.3. The highest BCUT2D eigenvalue weighted by Crippen LogP contribution is 2.21. The number of anilines is 3. The number of rotatable bonds is 7. The van der Waals surface area contributed by atoms with Crippen LogP contribution in [0.15, 0.2) is 54.6 Å². The van der Waals surface area contributed by atoms with Gasteiger partial charge in [0.05, 0.1) is 18.5 Å². The third kappa shape index (κ3) is 5.66. The summed E-state index contributed by atoms with van der Waals surface area (Å²) in [5.41, 5.74) is 2.20. The molecule has 0 saturated heterocycles. The molecular weight excluding hydrogens is 352 g/mol. The van der Waals surface area contributed by atoms with Crippen molar-refractivity contribution in [2.24, 2.45) is 0 Å². The Morgan fingerprint density at radius 3 is 2.08 bits per heavy atom. The molecule has 0 heterocycles. The van der Waals surface area contributed by atoms with E-state index in [0.29, 0.717) is 11.4 Å². The lowest BCUT2D eigenvalue weighted by Crippen LogP contribution is -2.39. The van der Waals surface area contributed by atoms with E-state index < -0.39 is 10.0 Å². The maximum absolute atomic E-state index is 12.1. The summed E-state index contributed by atoms with van der Waals surface area (Å²) < 4.78 is 25.5. The molecule has 0 aliphatic rings. The van der Waals surface area contributed by atoms with E-state index >= 15 is 0 Å². The molecule has 0 aromatic heterocycles. The lowest BCUT2D eigenvalue weighted by Gasteiger charge is -2.23. The van der Waals surface area contributed by atoms with E-state index in [1.165, 1.54) is 4.31 Å². The molecule has 0 fully saturated rings. The highest BCUT2D eigenvalue weighted by atomic mass is 32.2. The number of para-hydroxylation sites is 1. The largest absolute Gasteiger partial charge is 0.378 e. The van der Waals surface area contributed by atoms with E-state index in [9.17, 15) is 13.2 Å². The van der Waals surface area contributed by atoms with E-state index in [-0.39, 0.29) is 19.1 Å². The van der Waals surface area contributed by atoms with Crippen LogP contribution in [0, 0.1) is 0 Å². The van der Waals surface area contributed by atoms with Crippen LogP contribution in [0.1, 0.15) is 0 Å². The second-order valence-electron chi connectivity index (χ2n) is 5.99. The van der Waals surface area contributed by atoms with Crippen molar-refractivity contribution in [3.05, 3.63) is 54.6 Å². The molecule has 2 N–H and O–H groups in total. The first kappa shape index (κ1) is 19.6. The number of hydrogen-bond donors (Lipinski definition) is 2. The van der Waals surface area contributed by atoms with Gasteiger partial charge in [-0.05, 0) is 36.4 Å². The van der Waals surface area contributed by atoms with Crippen molar-refractivity contribution in [1.82, 2.24) is 5.32 Å². The number of carbonyl (C=O) groups is 1. The van der Waals surface area contributed by atoms with Crippen LogP contribution in [0.25, 0.3) is 0 Å². The van der Waals surface area contributed by atoms with Crippen LogP contribution >= 0.6 is 0 Å². The number of nitrogens with zero attached hydrogens (tertiary/aromatic N) is 2. The van der Waals surface area contributed by atoms with Gasteiger partial charge in [0.2, 0.25) is 10.0 Å². The van der Waals surface area contributed by atoms with Gasteiger partial charge < -0.3 is 15.5 Å². The fourth-order valence-corrected chi connectivity index (χ4v) is 3.30. The van der Waals surface area contributed by atoms with Crippen LogP contribution < -0.4 is 19.8 Å². The molecular formula is C18H24N4O3S. The highest BCUT2D eigenvalue weighted by molar-refractivity contribution is 7.92. The Bertz CT molecular complexity index is 821. The molecule has 0 saturated carbocycles. The number of sulfonamides is 1. The maximum atomic E-state index is 12.1. The average Bonchev–Trinajstić information content (AvgIpc) is 2.58. The number of hydrogen-bond acceptors (Lipinski definition) is 4. The van der Waals surface area contributed by atoms with E-state index in [1.54, 1.807) is 24.3 Å². The van der Waals surface area contributed by atoms with E-state index in [0.717, 1.165) is 11.9 Å². The normalized spacial score (nSPS) is 10.9.